The Morgan fingerprint density at radius 3 is 2.46 bits per heavy atom. The van der Waals surface area contributed by atoms with Gasteiger partial charge >= 0.3 is 11.8 Å². The molecule has 192 valence electrons. The molecule has 3 rings (SSSR count). The van der Waals surface area contributed by atoms with Crippen LogP contribution in [0.1, 0.15) is 18.1 Å². The molecule has 3 amide bonds. The fraction of sp³-hybridized carbons (Fsp3) is 0.154. The van der Waals surface area contributed by atoms with Crippen molar-refractivity contribution in [2.45, 2.75) is 13.5 Å². The monoisotopic (exact) mass is 542 g/mol. The minimum Gasteiger partial charge on any atom is -0.490 e. The normalized spacial score (nSPS) is 10.6. The third-order valence-corrected chi connectivity index (χ3v) is 5.55. The van der Waals surface area contributed by atoms with Crippen LogP contribution in [0.25, 0.3) is 0 Å². The molecule has 0 unspecified atom stereocenters. The molecule has 0 aliphatic carbocycles. The van der Waals surface area contributed by atoms with Gasteiger partial charge in [0.25, 0.3) is 5.91 Å². The van der Waals surface area contributed by atoms with Crippen molar-refractivity contribution in [1.29, 1.82) is 0 Å². The standard InChI is InChI=1S/C26H24Cl2N4O5/c1-2-36-22-13-18(15-30-32-26(35)25(34)29-14-17-7-4-3-5-8-17)11-12-21(22)37-16-23(33)31-20-10-6-9-19(27)24(20)28/h3-13,15H,2,14,16H2,1H3,(H,29,34)(H,31,33)(H,32,35)/b30-15+. The quantitative estimate of drug-likeness (QED) is 0.202. The van der Waals surface area contributed by atoms with Crippen molar-refractivity contribution in [3.63, 3.8) is 0 Å². The van der Waals surface area contributed by atoms with E-state index in [1.807, 2.05) is 30.3 Å². The smallest absolute Gasteiger partial charge is 0.329 e. The van der Waals surface area contributed by atoms with Crippen molar-refractivity contribution < 1.29 is 23.9 Å². The number of hydrogen-bond acceptors (Lipinski definition) is 6. The number of hydrogen-bond donors (Lipinski definition) is 3. The van der Waals surface area contributed by atoms with Crippen molar-refractivity contribution in [1.82, 2.24) is 10.7 Å². The highest BCUT2D eigenvalue weighted by molar-refractivity contribution is 6.44. The average molecular weight is 543 g/mol. The number of rotatable bonds is 10. The molecule has 0 radical (unpaired) electrons. The molecule has 0 aliphatic heterocycles. The molecule has 3 aromatic carbocycles. The summed E-state index contributed by atoms with van der Waals surface area (Å²) in [6, 6.07) is 19.0. The first kappa shape index (κ1) is 27.5. The number of carbonyl (C=O) groups is 3. The lowest BCUT2D eigenvalue weighted by atomic mass is 10.2. The molecule has 0 aromatic heterocycles. The maximum absolute atomic E-state index is 12.3. The SMILES string of the molecule is CCOc1cc(/C=N/NC(=O)C(=O)NCc2ccccc2)ccc1OCC(=O)Nc1cccc(Cl)c1Cl. The molecule has 0 bridgehead atoms. The van der Waals surface area contributed by atoms with E-state index in [0.717, 1.165) is 5.56 Å². The van der Waals surface area contributed by atoms with Gasteiger partial charge in [0, 0.05) is 6.54 Å². The fourth-order valence-electron chi connectivity index (χ4n) is 3.00. The highest BCUT2D eigenvalue weighted by atomic mass is 35.5. The largest absolute Gasteiger partial charge is 0.490 e. The van der Waals surface area contributed by atoms with Gasteiger partial charge in [-0.05, 0) is 48.4 Å². The van der Waals surface area contributed by atoms with Crippen molar-refractivity contribution >= 4 is 52.8 Å². The number of halogens is 2. The van der Waals surface area contributed by atoms with E-state index >= 15 is 0 Å². The van der Waals surface area contributed by atoms with E-state index in [2.05, 4.69) is 21.2 Å². The van der Waals surface area contributed by atoms with Crippen LogP contribution in [0.15, 0.2) is 71.8 Å². The number of amides is 3. The summed E-state index contributed by atoms with van der Waals surface area (Å²) in [6.45, 7) is 2.07. The molecule has 3 aromatic rings. The van der Waals surface area contributed by atoms with Crippen molar-refractivity contribution in [3.05, 3.63) is 87.9 Å². The minimum atomic E-state index is -0.900. The van der Waals surface area contributed by atoms with Gasteiger partial charge in [-0.25, -0.2) is 5.43 Å². The molecule has 9 nitrogen and oxygen atoms in total. The Hall–Kier alpha value is -4.08. The second-order valence-electron chi connectivity index (χ2n) is 7.44. The average Bonchev–Trinajstić information content (AvgIpc) is 2.90. The van der Waals surface area contributed by atoms with Crippen LogP contribution in [-0.2, 0) is 20.9 Å². The molecular formula is C26H24Cl2N4O5. The van der Waals surface area contributed by atoms with Crippen LogP contribution in [0.5, 0.6) is 11.5 Å². The van der Waals surface area contributed by atoms with E-state index in [1.165, 1.54) is 6.21 Å². The van der Waals surface area contributed by atoms with Crippen molar-refractivity contribution in [3.8, 4) is 11.5 Å². The van der Waals surface area contributed by atoms with Gasteiger partial charge in [0.15, 0.2) is 18.1 Å². The molecule has 0 fully saturated rings. The molecule has 3 N–H and O–H groups in total. The predicted octanol–water partition coefficient (Wildman–Crippen LogP) is 4.18. The maximum atomic E-state index is 12.3. The van der Waals surface area contributed by atoms with Gasteiger partial charge in [-0.1, -0.05) is 59.6 Å². The van der Waals surface area contributed by atoms with Gasteiger partial charge in [0.1, 0.15) is 0 Å². The van der Waals surface area contributed by atoms with E-state index in [0.29, 0.717) is 34.4 Å². The van der Waals surface area contributed by atoms with Crippen LogP contribution >= 0.6 is 23.2 Å². The molecule has 0 spiro atoms. The zero-order valence-electron chi connectivity index (χ0n) is 19.8. The molecular weight excluding hydrogens is 519 g/mol. The van der Waals surface area contributed by atoms with E-state index in [4.69, 9.17) is 32.7 Å². The van der Waals surface area contributed by atoms with Crippen LogP contribution in [0.3, 0.4) is 0 Å². The number of benzene rings is 3. The van der Waals surface area contributed by atoms with Gasteiger partial charge in [-0.3, -0.25) is 14.4 Å². The van der Waals surface area contributed by atoms with Crippen LogP contribution < -0.4 is 25.5 Å². The first-order valence-corrected chi connectivity index (χ1v) is 11.9. The number of anilines is 1. The van der Waals surface area contributed by atoms with Crippen molar-refractivity contribution in [2.24, 2.45) is 5.10 Å². The Balaban J connectivity index is 1.54. The summed E-state index contributed by atoms with van der Waals surface area (Å²) < 4.78 is 11.2. The lowest BCUT2D eigenvalue weighted by Gasteiger charge is -2.13. The Kier molecular flexibility index (Phi) is 10.3. The van der Waals surface area contributed by atoms with Gasteiger partial charge in [0.2, 0.25) is 0 Å². The van der Waals surface area contributed by atoms with Crippen LogP contribution in [0, 0.1) is 0 Å². The number of nitrogens with zero attached hydrogens (tertiary/aromatic N) is 1. The first-order chi connectivity index (χ1) is 17.9. The van der Waals surface area contributed by atoms with Crippen LogP contribution in [0.4, 0.5) is 5.69 Å². The third-order valence-electron chi connectivity index (χ3n) is 4.73. The molecule has 0 heterocycles. The minimum absolute atomic E-state index is 0.222. The summed E-state index contributed by atoms with van der Waals surface area (Å²) in [5.74, 6) is -1.45. The van der Waals surface area contributed by atoms with Crippen molar-refractivity contribution in [2.75, 3.05) is 18.5 Å². The highest BCUT2D eigenvalue weighted by Gasteiger charge is 2.13. The van der Waals surface area contributed by atoms with E-state index < -0.39 is 17.7 Å². The zero-order valence-corrected chi connectivity index (χ0v) is 21.3. The molecule has 0 saturated heterocycles. The van der Waals surface area contributed by atoms with Gasteiger partial charge < -0.3 is 20.1 Å². The van der Waals surface area contributed by atoms with Gasteiger partial charge in [-0.15, -0.1) is 0 Å². The lowest BCUT2D eigenvalue weighted by Crippen LogP contribution is -2.37. The highest BCUT2D eigenvalue weighted by Crippen LogP contribution is 2.30. The second-order valence-corrected chi connectivity index (χ2v) is 8.23. The summed E-state index contributed by atoms with van der Waals surface area (Å²) in [7, 11) is 0. The van der Waals surface area contributed by atoms with Gasteiger partial charge in [-0.2, -0.15) is 5.10 Å². The van der Waals surface area contributed by atoms with E-state index in [1.54, 1.807) is 43.3 Å². The van der Waals surface area contributed by atoms with E-state index in [9.17, 15) is 14.4 Å². The fourth-order valence-corrected chi connectivity index (χ4v) is 3.34. The third kappa shape index (κ3) is 8.52. The Bertz CT molecular complexity index is 1290. The first-order valence-electron chi connectivity index (χ1n) is 11.2. The number of ether oxygens (including phenoxy) is 2. The molecule has 37 heavy (non-hydrogen) atoms. The van der Waals surface area contributed by atoms with Crippen LogP contribution in [-0.4, -0.2) is 37.1 Å². The maximum Gasteiger partial charge on any atom is 0.329 e. The van der Waals surface area contributed by atoms with Gasteiger partial charge in [0.05, 0.1) is 28.6 Å². The predicted molar refractivity (Wildman–Crippen MR) is 142 cm³/mol. The Labute approximate surface area is 223 Å². The number of hydrazone groups is 1. The van der Waals surface area contributed by atoms with Crippen LogP contribution in [0.2, 0.25) is 10.0 Å². The summed E-state index contributed by atoms with van der Waals surface area (Å²) in [5.41, 5.74) is 3.98. The van der Waals surface area contributed by atoms with E-state index in [-0.39, 0.29) is 18.2 Å². The molecule has 0 aliphatic rings. The molecule has 11 heteroatoms. The number of carbonyl (C=O) groups excluding carboxylic acids is 3. The lowest BCUT2D eigenvalue weighted by molar-refractivity contribution is -0.139. The topological polar surface area (TPSA) is 118 Å². The summed E-state index contributed by atoms with van der Waals surface area (Å²) in [5, 5.41) is 9.52. The number of nitrogens with one attached hydrogen (secondary N) is 3. The summed E-state index contributed by atoms with van der Waals surface area (Å²) >= 11 is 12.1. The summed E-state index contributed by atoms with van der Waals surface area (Å²) in [4.78, 5) is 36.2. The Morgan fingerprint density at radius 1 is 0.919 bits per heavy atom. The molecule has 0 atom stereocenters. The second kappa shape index (κ2) is 13.9. The molecule has 0 saturated carbocycles. The Morgan fingerprint density at radius 2 is 1.70 bits per heavy atom. The zero-order chi connectivity index (χ0) is 26.6. The summed E-state index contributed by atoms with van der Waals surface area (Å²) in [6.07, 6.45) is 1.35.